The van der Waals surface area contributed by atoms with Crippen LogP contribution in [0.4, 0.5) is 0 Å². The molecule has 2 unspecified atom stereocenters. The van der Waals surface area contributed by atoms with Gasteiger partial charge in [0.15, 0.2) is 0 Å². The molecule has 0 bridgehead atoms. The topological polar surface area (TPSA) is 53.4 Å². The highest BCUT2D eigenvalue weighted by Gasteiger charge is 2.28. The zero-order chi connectivity index (χ0) is 13.8. The Morgan fingerprint density at radius 2 is 2.32 bits per heavy atom. The van der Waals surface area contributed by atoms with Gasteiger partial charge in [0.2, 0.25) is 0 Å². The molecule has 1 aromatic heterocycles. The minimum atomic E-state index is -0.371. The van der Waals surface area contributed by atoms with Crippen molar-refractivity contribution in [2.45, 2.75) is 51.7 Å². The minimum absolute atomic E-state index is 0.00551. The Balaban J connectivity index is 2.15. The summed E-state index contributed by atoms with van der Waals surface area (Å²) in [5, 5.41) is 9.57. The van der Waals surface area contributed by atoms with Gasteiger partial charge >= 0.3 is 0 Å². The zero-order valence-corrected chi connectivity index (χ0v) is 11.7. The molecule has 4 nitrogen and oxygen atoms in total. The predicted octanol–water partition coefficient (Wildman–Crippen LogP) is 2.16. The number of hydrogen-bond donors (Lipinski definition) is 1. The third-order valence-electron chi connectivity index (χ3n) is 3.61. The Hall–Kier alpha value is -1.42. The molecule has 2 atom stereocenters. The normalized spacial score (nSPS) is 21.2. The van der Waals surface area contributed by atoms with Crippen LogP contribution in [-0.2, 0) is 0 Å². The second-order valence-corrected chi connectivity index (χ2v) is 5.40. The Bertz CT molecular complexity index is 446. The van der Waals surface area contributed by atoms with E-state index in [2.05, 4.69) is 4.98 Å². The molecule has 104 valence electrons. The third-order valence-corrected chi connectivity index (χ3v) is 3.61. The summed E-state index contributed by atoms with van der Waals surface area (Å²) in [7, 11) is 0. The summed E-state index contributed by atoms with van der Waals surface area (Å²) < 4.78 is 0. The molecule has 1 aliphatic rings. The van der Waals surface area contributed by atoms with Crippen molar-refractivity contribution in [1.29, 1.82) is 0 Å². The van der Waals surface area contributed by atoms with E-state index in [1.165, 1.54) is 0 Å². The van der Waals surface area contributed by atoms with Gasteiger partial charge in [-0.05, 0) is 51.7 Å². The standard InChI is InChI=1S/C15H22N2O2/c1-11-6-5-8-14(16-11)15(19)17-9-4-3-7-13(17)10-12(2)18/h5-6,8,12-13,18H,3-4,7,9-10H2,1-2H3. The van der Waals surface area contributed by atoms with Gasteiger partial charge in [-0.3, -0.25) is 4.79 Å². The molecule has 1 aromatic rings. The molecule has 1 N–H and O–H groups in total. The zero-order valence-electron chi connectivity index (χ0n) is 11.7. The lowest BCUT2D eigenvalue weighted by molar-refractivity contribution is 0.0509. The first-order valence-electron chi connectivity index (χ1n) is 7.00. The number of carbonyl (C=O) groups excluding carboxylic acids is 1. The molecular formula is C15H22N2O2. The van der Waals surface area contributed by atoms with Gasteiger partial charge in [-0.25, -0.2) is 4.98 Å². The largest absolute Gasteiger partial charge is 0.393 e. The number of aliphatic hydroxyl groups is 1. The van der Waals surface area contributed by atoms with Crippen LogP contribution in [-0.4, -0.2) is 39.6 Å². The number of carbonyl (C=O) groups is 1. The van der Waals surface area contributed by atoms with Crippen LogP contribution in [0.2, 0.25) is 0 Å². The summed E-state index contributed by atoms with van der Waals surface area (Å²) in [5.41, 5.74) is 1.37. The molecule has 1 fully saturated rings. The van der Waals surface area contributed by atoms with E-state index in [-0.39, 0.29) is 18.1 Å². The van der Waals surface area contributed by atoms with E-state index in [0.717, 1.165) is 31.5 Å². The second-order valence-electron chi connectivity index (χ2n) is 5.40. The molecule has 19 heavy (non-hydrogen) atoms. The molecule has 2 rings (SSSR count). The van der Waals surface area contributed by atoms with Gasteiger partial charge < -0.3 is 10.0 Å². The number of nitrogens with zero attached hydrogens (tertiary/aromatic N) is 2. The van der Waals surface area contributed by atoms with Crippen molar-refractivity contribution < 1.29 is 9.90 Å². The molecule has 0 radical (unpaired) electrons. The second kappa shape index (κ2) is 6.15. The molecule has 0 spiro atoms. The number of aromatic nitrogens is 1. The van der Waals surface area contributed by atoms with E-state index >= 15 is 0 Å². The van der Waals surface area contributed by atoms with Crippen molar-refractivity contribution in [3.63, 3.8) is 0 Å². The smallest absolute Gasteiger partial charge is 0.272 e. The number of piperidine rings is 1. The third kappa shape index (κ3) is 3.53. The van der Waals surface area contributed by atoms with Gasteiger partial charge in [0.05, 0.1) is 6.10 Å². The fourth-order valence-corrected chi connectivity index (χ4v) is 2.72. The SMILES string of the molecule is Cc1cccc(C(=O)N2CCCCC2CC(C)O)n1. The van der Waals surface area contributed by atoms with E-state index < -0.39 is 0 Å². The number of likely N-dealkylation sites (tertiary alicyclic amines) is 1. The molecule has 1 aliphatic heterocycles. The Morgan fingerprint density at radius 1 is 1.53 bits per heavy atom. The molecule has 2 heterocycles. The predicted molar refractivity (Wildman–Crippen MR) is 73.9 cm³/mol. The lowest BCUT2D eigenvalue weighted by Gasteiger charge is -2.36. The van der Waals surface area contributed by atoms with Crippen LogP contribution in [0, 0.1) is 6.92 Å². The van der Waals surface area contributed by atoms with Crippen LogP contribution in [0.5, 0.6) is 0 Å². The van der Waals surface area contributed by atoms with Crippen molar-refractivity contribution in [3.05, 3.63) is 29.6 Å². The van der Waals surface area contributed by atoms with Crippen LogP contribution in [0.3, 0.4) is 0 Å². The molecule has 1 amide bonds. The van der Waals surface area contributed by atoms with Crippen LogP contribution < -0.4 is 0 Å². The van der Waals surface area contributed by atoms with Gasteiger partial charge in [-0.1, -0.05) is 6.07 Å². The highest BCUT2D eigenvalue weighted by atomic mass is 16.3. The summed E-state index contributed by atoms with van der Waals surface area (Å²) in [5.74, 6) is -0.00551. The highest BCUT2D eigenvalue weighted by molar-refractivity contribution is 5.92. The number of aliphatic hydroxyl groups excluding tert-OH is 1. The maximum absolute atomic E-state index is 12.5. The Kier molecular flexibility index (Phi) is 4.53. The van der Waals surface area contributed by atoms with E-state index in [4.69, 9.17) is 0 Å². The fourth-order valence-electron chi connectivity index (χ4n) is 2.72. The van der Waals surface area contributed by atoms with Crippen LogP contribution in [0.1, 0.15) is 48.8 Å². The number of aryl methyl sites for hydroxylation is 1. The Labute approximate surface area is 114 Å². The molecule has 0 saturated carbocycles. The Morgan fingerprint density at radius 3 is 3.00 bits per heavy atom. The quantitative estimate of drug-likeness (QED) is 0.908. The van der Waals surface area contributed by atoms with Gasteiger partial charge in [0, 0.05) is 18.3 Å². The van der Waals surface area contributed by atoms with Crippen molar-refractivity contribution in [3.8, 4) is 0 Å². The van der Waals surface area contributed by atoms with Gasteiger partial charge in [-0.15, -0.1) is 0 Å². The van der Waals surface area contributed by atoms with Gasteiger partial charge in [-0.2, -0.15) is 0 Å². The summed E-state index contributed by atoms with van der Waals surface area (Å²) >= 11 is 0. The number of amides is 1. The van der Waals surface area contributed by atoms with E-state index in [1.54, 1.807) is 13.0 Å². The average Bonchev–Trinajstić information content (AvgIpc) is 2.38. The molecular weight excluding hydrogens is 240 g/mol. The number of hydrogen-bond acceptors (Lipinski definition) is 3. The molecule has 0 aromatic carbocycles. The lowest BCUT2D eigenvalue weighted by atomic mass is 9.97. The summed E-state index contributed by atoms with van der Waals surface area (Å²) in [4.78, 5) is 18.7. The van der Waals surface area contributed by atoms with Crippen LogP contribution in [0.15, 0.2) is 18.2 Å². The maximum atomic E-state index is 12.5. The van der Waals surface area contributed by atoms with Crippen LogP contribution in [0.25, 0.3) is 0 Å². The fraction of sp³-hybridized carbons (Fsp3) is 0.600. The number of pyridine rings is 1. The maximum Gasteiger partial charge on any atom is 0.272 e. The average molecular weight is 262 g/mol. The molecule has 1 saturated heterocycles. The number of rotatable bonds is 3. The van der Waals surface area contributed by atoms with Gasteiger partial charge in [0.1, 0.15) is 5.69 Å². The minimum Gasteiger partial charge on any atom is -0.393 e. The van der Waals surface area contributed by atoms with E-state index in [9.17, 15) is 9.90 Å². The molecule has 4 heteroatoms. The van der Waals surface area contributed by atoms with Crippen molar-refractivity contribution >= 4 is 5.91 Å². The van der Waals surface area contributed by atoms with Crippen LogP contribution >= 0.6 is 0 Å². The summed E-state index contributed by atoms with van der Waals surface area (Å²) in [6, 6.07) is 5.66. The summed E-state index contributed by atoms with van der Waals surface area (Å²) in [6.45, 7) is 4.44. The summed E-state index contributed by atoms with van der Waals surface area (Å²) in [6.07, 6.45) is 3.42. The van der Waals surface area contributed by atoms with Crippen molar-refractivity contribution in [2.75, 3.05) is 6.54 Å². The highest BCUT2D eigenvalue weighted by Crippen LogP contribution is 2.22. The van der Waals surface area contributed by atoms with Gasteiger partial charge in [0.25, 0.3) is 5.91 Å². The molecule has 0 aliphatic carbocycles. The van der Waals surface area contributed by atoms with Crippen molar-refractivity contribution in [1.82, 2.24) is 9.88 Å². The van der Waals surface area contributed by atoms with Crippen molar-refractivity contribution in [2.24, 2.45) is 0 Å². The first-order chi connectivity index (χ1) is 9.08. The first-order valence-corrected chi connectivity index (χ1v) is 7.00. The van der Waals surface area contributed by atoms with E-state index in [0.29, 0.717) is 12.1 Å². The first kappa shape index (κ1) is 14.0. The lowest BCUT2D eigenvalue weighted by Crippen LogP contribution is -2.45. The monoisotopic (exact) mass is 262 g/mol. The van der Waals surface area contributed by atoms with E-state index in [1.807, 2.05) is 24.0 Å².